The van der Waals surface area contributed by atoms with Gasteiger partial charge < -0.3 is 0 Å². The number of fused-ring (bicyclic) bond motifs is 6. The smallest absolute Gasteiger partial charge is 0.145 e. The van der Waals surface area contributed by atoms with Gasteiger partial charge in [-0.2, -0.15) is 0 Å². The molecule has 0 bridgehead atoms. The van der Waals surface area contributed by atoms with Gasteiger partial charge in [-0.3, -0.25) is 4.57 Å². The van der Waals surface area contributed by atoms with E-state index in [-0.39, 0.29) is 0 Å². The maximum Gasteiger partial charge on any atom is 0.145 e. The van der Waals surface area contributed by atoms with Crippen LogP contribution in [0.15, 0.2) is 54.3 Å². The molecular formula is C20H20N2. The van der Waals surface area contributed by atoms with Crippen LogP contribution in [0.1, 0.15) is 37.9 Å². The Hall–Kier alpha value is -2.35. The predicted octanol–water partition coefficient (Wildman–Crippen LogP) is 5.12. The highest BCUT2D eigenvalue weighted by molar-refractivity contribution is 5.80. The molecule has 2 heteroatoms. The highest BCUT2D eigenvalue weighted by atomic mass is 15.1. The molecule has 22 heavy (non-hydrogen) atoms. The SMILES string of the molecule is CC(C)=Cc1cnc2n1C1=CC=CC(C)C1c1ccccc1-2. The molecule has 2 aliphatic rings. The molecule has 1 aromatic heterocycles. The van der Waals surface area contributed by atoms with Gasteiger partial charge in [0.05, 0.1) is 11.9 Å². The van der Waals surface area contributed by atoms with Crippen molar-refractivity contribution in [2.24, 2.45) is 5.92 Å². The Labute approximate surface area is 131 Å². The van der Waals surface area contributed by atoms with E-state index in [1.165, 1.54) is 28.1 Å². The van der Waals surface area contributed by atoms with Gasteiger partial charge in [-0.25, -0.2) is 4.98 Å². The summed E-state index contributed by atoms with van der Waals surface area (Å²) in [5, 5.41) is 0. The van der Waals surface area contributed by atoms with Crippen molar-refractivity contribution in [3.8, 4) is 11.4 Å². The molecule has 0 spiro atoms. The van der Waals surface area contributed by atoms with E-state index in [9.17, 15) is 0 Å². The minimum absolute atomic E-state index is 0.409. The molecule has 0 N–H and O–H groups in total. The molecule has 0 amide bonds. The van der Waals surface area contributed by atoms with Crippen molar-refractivity contribution in [2.75, 3.05) is 0 Å². The van der Waals surface area contributed by atoms with Crippen LogP contribution >= 0.6 is 0 Å². The topological polar surface area (TPSA) is 17.8 Å². The van der Waals surface area contributed by atoms with Crippen LogP contribution in [0.3, 0.4) is 0 Å². The van der Waals surface area contributed by atoms with E-state index < -0.39 is 0 Å². The zero-order chi connectivity index (χ0) is 15.3. The van der Waals surface area contributed by atoms with Crippen molar-refractivity contribution in [3.63, 3.8) is 0 Å². The fourth-order valence-electron chi connectivity index (χ4n) is 3.67. The lowest BCUT2D eigenvalue weighted by Gasteiger charge is -2.35. The van der Waals surface area contributed by atoms with Gasteiger partial charge in [0, 0.05) is 17.2 Å². The first-order valence-corrected chi connectivity index (χ1v) is 7.87. The third-order valence-electron chi connectivity index (χ3n) is 4.55. The van der Waals surface area contributed by atoms with Crippen LogP contribution in [0.2, 0.25) is 0 Å². The third kappa shape index (κ3) is 1.83. The van der Waals surface area contributed by atoms with E-state index in [1.807, 2.05) is 6.20 Å². The number of nitrogens with zero attached hydrogens (tertiary/aromatic N) is 2. The van der Waals surface area contributed by atoms with Gasteiger partial charge in [0.2, 0.25) is 0 Å². The van der Waals surface area contributed by atoms with E-state index in [4.69, 9.17) is 4.98 Å². The molecule has 2 nitrogen and oxygen atoms in total. The summed E-state index contributed by atoms with van der Waals surface area (Å²) < 4.78 is 2.33. The highest BCUT2D eigenvalue weighted by Gasteiger charge is 2.34. The molecule has 1 aliphatic carbocycles. The maximum atomic E-state index is 4.72. The Kier molecular flexibility index (Phi) is 2.93. The molecule has 2 unspecified atom stereocenters. The Morgan fingerprint density at radius 1 is 1.23 bits per heavy atom. The Bertz CT molecular complexity index is 829. The van der Waals surface area contributed by atoms with Crippen LogP contribution in [0.5, 0.6) is 0 Å². The number of aromatic nitrogens is 2. The first-order chi connectivity index (χ1) is 10.7. The Morgan fingerprint density at radius 2 is 2.05 bits per heavy atom. The Morgan fingerprint density at radius 3 is 2.86 bits per heavy atom. The van der Waals surface area contributed by atoms with E-state index in [0.29, 0.717) is 11.8 Å². The number of hydrogen-bond acceptors (Lipinski definition) is 1. The summed E-state index contributed by atoms with van der Waals surface area (Å²) in [5.74, 6) is 1.97. The molecule has 1 aliphatic heterocycles. The average molecular weight is 288 g/mol. The van der Waals surface area contributed by atoms with Crippen LogP contribution in [-0.4, -0.2) is 9.55 Å². The van der Waals surface area contributed by atoms with Gasteiger partial charge in [0.1, 0.15) is 5.82 Å². The largest absolute Gasteiger partial charge is 0.296 e. The average Bonchev–Trinajstić information content (AvgIpc) is 2.91. The van der Waals surface area contributed by atoms with Crippen molar-refractivity contribution in [1.29, 1.82) is 0 Å². The molecule has 0 radical (unpaired) electrons. The molecule has 1 aromatic carbocycles. The molecule has 4 rings (SSSR count). The summed E-state index contributed by atoms with van der Waals surface area (Å²) in [6.45, 7) is 6.56. The lowest BCUT2D eigenvalue weighted by molar-refractivity contribution is 0.620. The fraction of sp³-hybridized carbons (Fsp3) is 0.250. The molecular weight excluding hydrogens is 268 g/mol. The number of rotatable bonds is 1. The van der Waals surface area contributed by atoms with E-state index >= 15 is 0 Å². The summed E-state index contributed by atoms with van der Waals surface area (Å²) in [6.07, 6.45) is 10.9. The summed E-state index contributed by atoms with van der Waals surface area (Å²) in [6, 6.07) is 8.69. The standard InChI is InChI=1S/C20H20N2/c1-13(2)11-15-12-21-20-17-9-5-4-8-16(17)19-14(3)7-6-10-18(19)22(15)20/h4-12,14,19H,1-3H3. The van der Waals surface area contributed by atoms with Crippen molar-refractivity contribution in [2.45, 2.75) is 26.7 Å². The first-order valence-electron chi connectivity index (χ1n) is 7.87. The monoisotopic (exact) mass is 288 g/mol. The molecule has 2 heterocycles. The minimum atomic E-state index is 0.409. The first kappa shape index (κ1) is 13.3. The summed E-state index contributed by atoms with van der Waals surface area (Å²) in [4.78, 5) is 4.72. The van der Waals surface area contributed by atoms with Crippen molar-refractivity contribution >= 4 is 11.8 Å². The quantitative estimate of drug-likeness (QED) is 0.712. The van der Waals surface area contributed by atoms with E-state index in [1.54, 1.807) is 0 Å². The van der Waals surface area contributed by atoms with Crippen LogP contribution < -0.4 is 0 Å². The second-order valence-corrected chi connectivity index (χ2v) is 6.46. The molecule has 0 saturated heterocycles. The van der Waals surface area contributed by atoms with Gasteiger partial charge in [-0.1, -0.05) is 48.9 Å². The van der Waals surface area contributed by atoms with E-state index in [2.05, 4.69) is 73.9 Å². The number of hydrogen-bond donors (Lipinski definition) is 0. The lowest BCUT2D eigenvalue weighted by Crippen LogP contribution is -2.22. The van der Waals surface area contributed by atoms with Gasteiger partial charge in [-0.15, -0.1) is 0 Å². The maximum absolute atomic E-state index is 4.72. The third-order valence-corrected chi connectivity index (χ3v) is 4.55. The second kappa shape index (κ2) is 4.84. The lowest BCUT2D eigenvalue weighted by atomic mass is 9.77. The van der Waals surface area contributed by atoms with Gasteiger partial charge >= 0.3 is 0 Å². The molecule has 0 saturated carbocycles. The molecule has 110 valence electrons. The minimum Gasteiger partial charge on any atom is -0.296 e. The van der Waals surface area contributed by atoms with Crippen LogP contribution in [-0.2, 0) is 0 Å². The number of allylic oxidation sites excluding steroid dienone is 5. The predicted molar refractivity (Wildman–Crippen MR) is 92.3 cm³/mol. The molecule has 0 fully saturated rings. The molecule has 2 atom stereocenters. The van der Waals surface area contributed by atoms with Gasteiger partial charge in [-0.05, 0) is 37.5 Å². The summed E-state index contributed by atoms with van der Waals surface area (Å²) >= 11 is 0. The van der Waals surface area contributed by atoms with Gasteiger partial charge in [0.25, 0.3) is 0 Å². The zero-order valence-corrected chi connectivity index (χ0v) is 13.2. The normalized spacial score (nSPS) is 21.5. The highest BCUT2D eigenvalue weighted by Crippen LogP contribution is 2.47. The summed E-state index contributed by atoms with van der Waals surface area (Å²) in [7, 11) is 0. The van der Waals surface area contributed by atoms with Crippen molar-refractivity contribution < 1.29 is 0 Å². The van der Waals surface area contributed by atoms with Crippen LogP contribution in [0.4, 0.5) is 0 Å². The number of benzene rings is 1. The van der Waals surface area contributed by atoms with Gasteiger partial charge in [0.15, 0.2) is 0 Å². The zero-order valence-electron chi connectivity index (χ0n) is 13.2. The number of imidazole rings is 1. The Balaban J connectivity index is 2.04. The fourth-order valence-corrected chi connectivity index (χ4v) is 3.67. The molecule has 2 aromatic rings. The van der Waals surface area contributed by atoms with E-state index in [0.717, 1.165) is 5.82 Å². The van der Waals surface area contributed by atoms with Crippen molar-refractivity contribution in [3.05, 3.63) is 65.5 Å². The van der Waals surface area contributed by atoms with Crippen LogP contribution in [0.25, 0.3) is 23.2 Å². The van der Waals surface area contributed by atoms with Crippen LogP contribution in [0, 0.1) is 5.92 Å². The second-order valence-electron chi connectivity index (χ2n) is 6.46. The summed E-state index contributed by atoms with van der Waals surface area (Å²) in [5.41, 5.74) is 6.46. The van der Waals surface area contributed by atoms with Crippen molar-refractivity contribution in [1.82, 2.24) is 9.55 Å².